The maximum absolute atomic E-state index is 13.6. The molecule has 1 amide bonds. The fourth-order valence-corrected chi connectivity index (χ4v) is 1.87. The number of hydrogen-bond donors (Lipinski definition) is 2. The lowest BCUT2D eigenvalue weighted by molar-refractivity contribution is 0.102. The van der Waals surface area contributed by atoms with Crippen molar-refractivity contribution in [1.29, 1.82) is 0 Å². The molecule has 0 radical (unpaired) electrons. The highest BCUT2D eigenvalue weighted by atomic mass is 19.1. The van der Waals surface area contributed by atoms with Crippen LogP contribution in [-0.4, -0.2) is 13.0 Å². The normalized spacial score (nSPS) is 10.2. The molecule has 0 aliphatic carbocycles. The molecule has 2 aromatic carbocycles. The summed E-state index contributed by atoms with van der Waals surface area (Å²) in [5, 5.41) is 2.51. The minimum absolute atomic E-state index is 0.0643. The molecule has 0 aromatic heterocycles. The number of rotatable bonds is 3. The van der Waals surface area contributed by atoms with E-state index >= 15 is 0 Å². The van der Waals surface area contributed by atoms with E-state index in [0.717, 1.165) is 5.56 Å². The molecule has 0 aliphatic rings. The number of carbonyl (C=O) groups is 1. The van der Waals surface area contributed by atoms with E-state index in [0.29, 0.717) is 17.0 Å². The number of nitrogens with two attached hydrogens (primary N) is 1. The predicted molar refractivity (Wildman–Crippen MR) is 76.5 cm³/mol. The number of methoxy groups -OCH3 is 1. The van der Waals surface area contributed by atoms with Crippen molar-refractivity contribution in [2.75, 3.05) is 18.2 Å². The Labute approximate surface area is 116 Å². The third-order valence-corrected chi connectivity index (χ3v) is 2.78. The SMILES string of the molecule is COc1ccc(F)c(NC(=O)c2cc(C)cc(N)c2)c1. The van der Waals surface area contributed by atoms with Crippen LogP contribution < -0.4 is 15.8 Å². The first-order valence-electron chi connectivity index (χ1n) is 6.01. The molecule has 4 nitrogen and oxygen atoms in total. The Morgan fingerprint density at radius 2 is 2.00 bits per heavy atom. The molecule has 0 spiro atoms. The third-order valence-electron chi connectivity index (χ3n) is 2.78. The lowest BCUT2D eigenvalue weighted by Crippen LogP contribution is -2.13. The van der Waals surface area contributed by atoms with Crippen molar-refractivity contribution < 1.29 is 13.9 Å². The molecule has 0 heterocycles. The van der Waals surface area contributed by atoms with Crippen LogP contribution in [-0.2, 0) is 0 Å². The summed E-state index contributed by atoms with van der Waals surface area (Å²) in [6.45, 7) is 1.83. The lowest BCUT2D eigenvalue weighted by atomic mass is 10.1. The molecule has 104 valence electrons. The highest BCUT2D eigenvalue weighted by Gasteiger charge is 2.11. The molecule has 3 N–H and O–H groups in total. The van der Waals surface area contributed by atoms with Crippen molar-refractivity contribution in [3.63, 3.8) is 0 Å². The molecule has 0 aliphatic heterocycles. The number of nitrogens with one attached hydrogen (secondary N) is 1. The fourth-order valence-electron chi connectivity index (χ4n) is 1.87. The summed E-state index contributed by atoms with van der Waals surface area (Å²) in [7, 11) is 1.47. The summed E-state index contributed by atoms with van der Waals surface area (Å²) >= 11 is 0. The standard InChI is InChI=1S/C15H15FN2O2/c1-9-5-10(7-11(17)6-9)15(19)18-14-8-12(20-2)3-4-13(14)16/h3-8H,17H2,1-2H3,(H,18,19). The zero-order chi connectivity index (χ0) is 14.7. The summed E-state index contributed by atoms with van der Waals surface area (Å²) in [5.74, 6) is -0.488. The third kappa shape index (κ3) is 3.06. The first-order valence-corrected chi connectivity index (χ1v) is 6.01. The van der Waals surface area contributed by atoms with E-state index in [1.165, 1.54) is 25.3 Å². The second-order valence-electron chi connectivity index (χ2n) is 4.43. The van der Waals surface area contributed by atoms with Crippen LogP contribution >= 0.6 is 0 Å². The van der Waals surface area contributed by atoms with Crippen LogP contribution in [0.3, 0.4) is 0 Å². The van der Waals surface area contributed by atoms with Crippen LogP contribution in [0.15, 0.2) is 36.4 Å². The number of anilines is 2. The van der Waals surface area contributed by atoms with Gasteiger partial charge < -0.3 is 15.8 Å². The number of hydrogen-bond acceptors (Lipinski definition) is 3. The summed E-state index contributed by atoms with van der Waals surface area (Å²) in [6, 6.07) is 9.12. The Kier molecular flexibility index (Phi) is 3.89. The minimum Gasteiger partial charge on any atom is -0.497 e. The largest absolute Gasteiger partial charge is 0.497 e. The number of nitrogen functional groups attached to an aromatic ring is 1. The van der Waals surface area contributed by atoms with Crippen LogP contribution in [0.2, 0.25) is 0 Å². The van der Waals surface area contributed by atoms with Crippen LogP contribution in [0.5, 0.6) is 5.75 Å². The van der Waals surface area contributed by atoms with Crippen molar-refractivity contribution in [3.05, 3.63) is 53.3 Å². The molecule has 0 bridgehead atoms. The Morgan fingerprint density at radius 3 is 2.65 bits per heavy atom. The second kappa shape index (κ2) is 5.61. The number of carbonyl (C=O) groups excluding carboxylic acids is 1. The maximum atomic E-state index is 13.6. The van der Waals surface area contributed by atoms with Crippen LogP contribution in [0.25, 0.3) is 0 Å². The van der Waals surface area contributed by atoms with Gasteiger partial charge in [0.2, 0.25) is 0 Å². The number of benzene rings is 2. The van der Waals surface area contributed by atoms with Crippen molar-refractivity contribution in [1.82, 2.24) is 0 Å². The molecule has 0 saturated heterocycles. The lowest BCUT2D eigenvalue weighted by Gasteiger charge is -2.09. The topological polar surface area (TPSA) is 64.3 Å². The molecule has 2 rings (SSSR count). The van der Waals surface area contributed by atoms with Gasteiger partial charge in [-0.25, -0.2) is 4.39 Å². The highest BCUT2D eigenvalue weighted by molar-refractivity contribution is 6.05. The Bertz CT molecular complexity index is 636. The average Bonchev–Trinajstić information content (AvgIpc) is 2.40. The Hall–Kier alpha value is -2.56. The van der Waals surface area contributed by atoms with E-state index < -0.39 is 11.7 Å². The number of ether oxygens (including phenoxy) is 1. The van der Waals surface area contributed by atoms with E-state index in [1.54, 1.807) is 18.2 Å². The zero-order valence-electron chi connectivity index (χ0n) is 11.2. The van der Waals surface area contributed by atoms with Crippen molar-refractivity contribution in [3.8, 4) is 5.75 Å². The summed E-state index contributed by atoms with van der Waals surface area (Å²) in [4.78, 5) is 12.1. The molecule has 0 fully saturated rings. The van der Waals surface area contributed by atoms with Gasteiger partial charge in [-0.3, -0.25) is 4.79 Å². The molecule has 20 heavy (non-hydrogen) atoms. The highest BCUT2D eigenvalue weighted by Crippen LogP contribution is 2.22. The van der Waals surface area contributed by atoms with Gasteiger partial charge in [0, 0.05) is 17.3 Å². The number of halogens is 1. The molecular formula is C15H15FN2O2. The quantitative estimate of drug-likeness (QED) is 0.846. The first-order chi connectivity index (χ1) is 9.49. The van der Waals surface area contributed by atoms with Crippen molar-refractivity contribution in [2.45, 2.75) is 6.92 Å². The Balaban J connectivity index is 2.27. The molecule has 2 aromatic rings. The fraction of sp³-hybridized carbons (Fsp3) is 0.133. The monoisotopic (exact) mass is 274 g/mol. The van der Waals surface area contributed by atoms with Gasteiger partial charge in [0.05, 0.1) is 12.8 Å². The molecular weight excluding hydrogens is 259 g/mol. The van der Waals surface area contributed by atoms with Crippen LogP contribution in [0, 0.1) is 12.7 Å². The minimum atomic E-state index is -0.528. The molecule has 5 heteroatoms. The smallest absolute Gasteiger partial charge is 0.255 e. The molecule has 0 atom stereocenters. The van der Waals surface area contributed by atoms with Crippen LogP contribution in [0.4, 0.5) is 15.8 Å². The van der Waals surface area contributed by atoms with Gasteiger partial charge in [-0.1, -0.05) is 0 Å². The average molecular weight is 274 g/mol. The van der Waals surface area contributed by atoms with E-state index in [-0.39, 0.29) is 5.69 Å². The summed E-state index contributed by atoms with van der Waals surface area (Å²) in [6.07, 6.45) is 0. The van der Waals surface area contributed by atoms with Gasteiger partial charge in [-0.15, -0.1) is 0 Å². The van der Waals surface area contributed by atoms with Gasteiger partial charge in [0.1, 0.15) is 11.6 Å². The Morgan fingerprint density at radius 1 is 1.25 bits per heavy atom. The number of amides is 1. The van der Waals surface area contributed by atoms with E-state index in [1.807, 2.05) is 6.92 Å². The second-order valence-corrected chi connectivity index (χ2v) is 4.43. The van der Waals surface area contributed by atoms with E-state index in [9.17, 15) is 9.18 Å². The zero-order valence-corrected chi connectivity index (χ0v) is 11.2. The van der Waals surface area contributed by atoms with Gasteiger partial charge in [-0.05, 0) is 42.8 Å². The van der Waals surface area contributed by atoms with Gasteiger partial charge in [-0.2, -0.15) is 0 Å². The van der Waals surface area contributed by atoms with Crippen molar-refractivity contribution >= 4 is 17.3 Å². The van der Waals surface area contributed by atoms with Gasteiger partial charge in [0.15, 0.2) is 0 Å². The maximum Gasteiger partial charge on any atom is 0.255 e. The number of aryl methyl sites for hydroxylation is 1. The molecule has 0 saturated carbocycles. The molecule has 0 unspecified atom stereocenters. The first kappa shape index (κ1) is 13.9. The van der Waals surface area contributed by atoms with Gasteiger partial charge in [0.25, 0.3) is 5.91 Å². The van der Waals surface area contributed by atoms with Crippen LogP contribution in [0.1, 0.15) is 15.9 Å². The van der Waals surface area contributed by atoms with E-state index in [4.69, 9.17) is 10.5 Å². The summed E-state index contributed by atoms with van der Waals surface area (Å²) in [5.41, 5.74) is 7.49. The van der Waals surface area contributed by atoms with E-state index in [2.05, 4.69) is 5.32 Å². The van der Waals surface area contributed by atoms with Gasteiger partial charge >= 0.3 is 0 Å². The summed E-state index contributed by atoms with van der Waals surface area (Å²) < 4.78 is 18.6. The van der Waals surface area contributed by atoms with Crippen molar-refractivity contribution in [2.24, 2.45) is 0 Å². The predicted octanol–water partition coefficient (Wildman–Crippen LogP) is 2.98.